The van der Waals surface area contributed by atoms with E-state index in [1.54, 1.807) is 72.8 Å². The maximum atomic E-state index is 12.8. The molecule has 0 aliphatic heterocycles. The molecule has 0 aliphatic rings. The van der Waals surface area contributed by atoms with Crippen molar-refractivity contribution in [2.75, 3.05) is 0 Å². The minimum atomic E-state index is -0.661. The van der Waals surface area contributed by atoms with Crippen LogP contribution in [0.15, 0.2) is 117 Å². The molecule has 0 radical (unpaired) electrons. The first-order chi connectivity index (χ1) is 20.5. The van der Waals surface area contributed by atoms with Crippen LogP contribution in [0.25, 0.3) is 12.2 Å². The Morgan fingerprint density at radius 1 is 0.548 bits per heavy atom. The minimum absolute atomic E-state index is 0.00814. The average molecular weight is 597 g/mol. The fourth-order valence-corrected chi connectivity index (χ4v) is 4.61. The summed E-state index contributed by atoms with van der Waals surface area (Å²) in [6.07, 6.45) is 5.36. The van der Waals surface area contributed by atoms with Crippen molar-refractivity contribution in [2.24, 2.45) is 10.2 Å². The molecule has 4 aromatic rings. The fourth-order valence-electron chi connectivity index (χ4n) is 3.30. The number of nitrogens with zero attached hydrogens (tertiary/aromatic N) is 2. The molecule has 0 aliphatic carbocycles. The van der Waals surface area contributed by atoms with Gasteiger partial charge in [-0.25, -0.2) is 10.9 Å². The molecule has 4 N–H and O–H groups in total. The minimum Gasteiger partial charge on any atom is -0.317 e. The molecule has 12 heteroatoms. The molecule has 0 atom stereocenters. The quantitative estimate of drug-likeness (QED) is 0.117. The maximum absolute atomic E-state index is 12.8. The number of nitrogens with one attached hydrogen (secondary N) is 4. The molecule has 210 valence electrons. The molecule has 4 amide bonds. The largest absolute Gasteiger partial charge is 0.317 e. The first kappa shape index (κ1) is 29.5. The zero-order valence-electron chi connectivity index (χ0n) is 21.9. The van der Waals surface area contributed by atoms with E-state index in [1.165, 1.54) is 34.8 Å². The van der Waals surface area contributed by atoms with Gasteiger partial charge in [-0.1, -0.05) is 48.5 Å². The number of thiophene rings is 2. The molecule has 2 heterocycles. The van der Waals surface area contributed by atoms with Gasteiger partial charge in [0.15, 0.2) is 0 Å². The van der Waals surface area contributed by atoms with E-state index in [1.807, 2.05) is 22.9 Å². The Balaban J connectivity index is 1.36. The standard InChI is InChI=1S/C30H24N6O4S2/c37-27(21-9-3-1-4-10-21)33-25(19-23-13-7-17-41-23)29(39)35-31-15-16-32-36-30(40)26(20-24-14-8-18-42-24)34-28(38)22-11-5-2-6-12-22/h1-20H,(H,33,37)(H,34,38)(H,35,39)(H,36,40). The van der Waals surface area contributed by atoms with E-state index < -0.39 is 23.6 Å². The summed E-state index contributed by atoms with van der Waals surface area (Å²) in [5.41, 5.74) is 5.40. The number of hydrazone groups is 2. The van der Waals surface area contributed by atoms with E-state index >= 15 is 0 Å². The van der Waals surface area contributed by atoms with E-state index in [2.05, 4.69) is 31.7 Å². The zero-order valence-corrected chi connectivity index (χ0v) is 23.5. The molecule has 10 nitrogen and oxygen atoms in total. The third kappa shape index (κ3) is 9.05. The van der Waals surface area contributed by atoms with E-state index in [4.69, 9.17) is 0 Å². The Morgan fingerprint density at radius 2 is 0.952 bits per heavy atom. The van der Waals surface area contributed by atoms with Crippen molar-refractivity contribution in [2.45, 2.75) is 0 Å². The van der Waals surface area contributed by atoms with Crippen LogP contribution in [0.5, 0.6) is 0 Å². The highest BCUT2D eigenvalue weighted by molar-refractivity contribution is 7.11. The van der Waals surface area contributed by atoms with Gasteiger partial charge in [0, 0.05) is 20.9 Å². The Bertz CT molecular complexity index is 1510. The predicted molar refractivity (Wildman–Crippen MR) is 166 cm³/mol. The van der Waals surface area contributed by atoms with E-state index in [0.717, 1.165) is 22.2 Å². The second-order valence-electron chi connectivity index (χ2n) is 8.23. The molecule has 4 rings (SSSR count). The van der Waals surface area contributed by atoms with Gasteiger partial charge in [-0.15, -0.1) is 22.7 Å². The Morgan fingerprint density at radius 3 is 1.31 bits per heavy atom. The van der Waals surface area contributed by atoms with Crippen molar-refractivity contribution in [3.8, 4) is 0 Å². The second kappa shape index (κ2) is 15.4. The highest BCUT2D eigenvalue weighted by Crippen LogP contribution is 2.14. The number of benzene rings is 2. The monoisotopic (exact) mass is 596 g/mol. The number of hydrogen-bond acceptors (Lipinski definition) is 8. The van der Waals surface area contributed by atoms with Crippen molar-refractivity contribution in [1.29, 1.82) is 0 Å². The first-order valence-corrected chi connectivity index (χ1v) is 14.1. The normalized spacial score (nSPS) is 11.8. The molecule has 2 aromatic heterocycles. The van der Waals surface area contributed by atoms with Crippen LogP contribution in [0.3, 0.4) is 0 Å². The summed E-state index contributed by atoms with van der Waals surface area (Å²) in [6, 6.07) is 24.2. The van der Waals surface area contributed by atoms with Gasteiger partial charge >= 0.3 is 0 Å². The third-order valence-corrected chi connectivity index (χ3v) is 6.90. The fraction of sp³-hybridized carbons (Fsp3) is 0. The smallest absolute Gasteiger partial charge is 0.287 e. The van der Waals surface area contributed by atoms with Gasteiger partial charge in [-0.05, 0) is 59.3 Å². The van der Waals surface area contributed by atoms with Crippen molar-refractivity contribution in [3.05, 3.63) is 128 Å². The molecule has 0 bridgehead atoms. The number of hydrogen-bond donors (Lipinski definition) is 4. The lowest BCUT2D eigenvalue weighted by atomic mass is 10.2. The Hall–Kier alpha value is -5.46. The highest BCUT2D eigenvalue weighted by Gasteiger charge is 2.15. The van der Waals surface area contributed by atoms with Gasteiger partial charge in [-0.3, -0.25) is 19.2 Å². The molecule has 42 heavy (non-hydrogen) atoms. The van der Waals surface area contributed by atoms with Crippen molar-refractivity contribution in [1.82, 2.24) is 21.5 Å². The van der Waals surface area contributed by atoms with Crippen LogP contribution in [-0.2, 0) is 9.59 Å². The summed E-state index contributed by atoms with van der Waals surface area (Å²) in [4.78, 5) is 52.3. The summed E-state index contributed by atoms with van der Waals surface area (Å²) < 4.78 is 0. The molecule has 0 fully saturated rings. The molecule has 0 unspecified atom stereocenters. The number of carbonyl (C=O) groups is 4. The van der Waals surface area contributed by atoms with Gasteiger partial charge in [0.05, 0.1) is 12.4 Å². The van der Waals surface area contributed by atoms with Crippen LogP contribution in [0.1, 0.15) is 30.5 Å². The van der Waals surface area contributed by atoms with Crippen molar-refractivity contribution >= 4 is 70.9 Å². The van der Waals surface area contributed by atoms with Crippen LogP contribution in [0.2, 0.25) is 0 Å². The van der Waals surface area contributed by atoms with Crippen molar-refractivity contribution in [3.63, 3.8) is 0 Å². The number of amides is 4. The molecule has 0 saturated carbocycles. The van der Waals surface area contributed by atoms with E-state index in [-0.39, 0.29) is 11.4 Å². The van der Waals surface area contributed by atoms with Crippen LogP contribution in [0, 0.1) is 0 Å². The van der Waals surface area contributed by atoms with E-state index in [0.29, 0.717) is 11.1 Å². The van der Waals surface area contributed by atoms with Gasteiger partial charge in [0.2, 0.25) is 0 Å². The van der Waals surface area contributed by atoms with Crippen LogP contribution < -0.4 is 21.5 Å². The second-order valence-corrected chi connectivity index (χ2v) is 10.2. The summed E-state index contributed by atoms with van der Waals surface area (Å²) in [7, 11) is 0. The lowest BCUT2D eigenvalue weighted by molar-refractivity contribution is -0.118. The van der Waals surface area contributed by atoms with Crippen LogP contribution in [0.4, 0.5) is 0 Å². The van der Waals surface area contributed by atoms with Crippen LogP contribution >= 0.6 is 22.7 Å². The zero-order chi connectivity index (χ0) is 29.6. The number of carbonyl (C=O) groups excluding carboxylic acids is 4. The summed E-state index contributed by atoms with van der Waals surface area (Å²) in [5.74, 6) is -2.22. The molecular formula is C30H24N6O4S2. The van der Waals surface area contributed by atoms with Crippen LogP contribution in [-0.4, -0.2) is 36.1 Å². The van der Waals surface area contributed by atoms with Crippen molar-refractivity contribution < 1.29 is 19.2 Å². The maximum Gasteiger partial charge on any atom is 0.287 e. The first-order valence-electron chi connectivity index (χ1n) is 12.4. The predicted octanol–water partition coefficient (Wildman–Crippen LogP) is 4.26. The van der Waals surface area contributed by atoms with Gasteiger partial charge < -0.3 is 10.6 Å². The third-order valence-electron chi connectivity index (χ3n) is 5.27. The lowest BCUT2D eigenvalue weighted by Crippen LogP contribution is -2.33. The summed E-state index contributed by atoms with van der Waals surface area (Å²) >= 11 is 2.79. The average Bonchev–Trinajstić information content (AvgIpc) is 3.73. The van der Waals surface area contributed by atoms with E-state index in [9.17, 15) is 19.2 Å². The number of rotatable bonds is 11. The molecule has 0 spiro atoms. The SMILES string of the molecule is O=C(NN=CC=NNC(=O)C(=Cc1cccs1)NC(=O)c1ccccc1)C(=Cc1cccs1)NC(=O)c1ccccc1. The summed E-state index contributed by atoms with van der Waals surface area (Å²) in [5, 5.41) is 16.5. The molecule has 2 aromatic carbocycles. The van der Waals surface area contributed by atoms with Gasteiger partial charge in [0.25, 0.3) is 23.6 Å². The topological polar surface area (TPSA) is 141 Å². The highest BCUT2D eigenvalue weighted by atomic mass is 32.1. The lowest BCUT2D eigenvalue weighted by Gasteiger charge is -2.08. The molecular weight excluding hydrogens is 573 g/mol. The Kier molecular flexibility index (Phi) is 10.8. The van der Waals surface area contributed by atoms with Gasteiger partial charge in [-0.2, -0.15) is 10.2 Å². The summed E-state index contributed by atoms with van der Waals surface area (Å²) in [6.45, 7) is 0. The Labute approximate surface area is 249 Å². The van der Waals surface area contributed by atoms with Gasteiger partial charge in [0.1, 0.15) is 11.4 Å². The molecule has 0 saturated heterocycles.